The second-order valence-corrected chi connectivity index (χ2v) is 3.20. The predicted molar refractivity (Wildman–Crippen MR) is 58.6 cm³/mol. The fraction of sp³-hybridized carbons (Fsp3) is 0.818. The van der Waals surface area contributed by atoms with Crippen LogP contribution in [0.5, 0.6) is 0 Å². The summed E-state index contributed by atoms with van der Waals surface area (Å²) in [5, 5.41) is 8.18. The predicted octanol–water partition coefficient (Wildman–Crippen LogP) is 2.47. The van der Waals surface area contributed by atoms with Crippen molar-refractivity contribution in [2.45, 2.75) is 47.0 Å². The van der Waals surface area contributed by atoms with Crippen molar-refractivity contribution in [1.29, 1.82) is 0 Å². The lowest BCUT2D eigenvalue weighted by Gasteiger charge is -1.96. The maximum Gasteiger partial charge on any atom is 0.306 e. The van der Waals surface area contributed by atoms with Crippen LogP contribution in [0.2, 0.25) is 0 Å². The molecule has 15 heavy (non-hydrogen) atoms. The average molecular weight is 218 g/mol. The van der Waals surface area contributed by atoms with Gasteiger partial charge in [0.25, 0.3) is 0 Å². The standard InChI is InChI=1S/C6H12O2.C5H10O2/c1-3-5-6(7)8-4-2;1-3-4(2)5(6)7/h3-5H2,1-2H3;4H,3H2,1-2H3,(H,6,7). The molecule has 0 saturated carbocycles. The van der Waals surface area contributed by atoms with Gasteiger partial charge in [-0.3, -0.25) is 9.59 Å². The molecule has 0 spiro atoms. The van der Waals surface area contributed by atoms with Crippen LogP contribution in [0.15, 0.2) is 0 Å². The van der Waals surface area contributed by atoms with Gasteiger partial charge < -0.3 is 9.84 Å². The molecule has 0 aromatic rings. The van der Waals surface area contributed by atoms with Crippen LogP contribution in [-0.2, 0) is 14.3 Å². The van der Waals surface area contributed by atoms with E-state index in [0.717, 1.165) is 12.8 Å². The normalized spacial score (nSPS) is 10.9. The van der Waals surface area contributed by atoms with Crippen LogP contribution in [0.4, 0.5) is 0 Å². The zero-order valence-electron chi connectivity index (χ0n) is 10.1. The van der Waals surface area contributed by atoms with E-state index in [-0.39, 0.29) is 11.9 Å². The first-order valence-corrected chi connectivity index (χ1v) is 5.37. The first kappa shape index (κ1) is 16.4. The average Bonchev–Trinajstić information content (AvgIpc) is 2.18. The van der Waals surface area contributed by atoms with Crippen LogP contribution in [-0.4, -0.2) is 23.7 Å². The third-order valence-electron chi connectivity index (χ3n) is 1.79. The first-order chi connectivity index (χ1) is 6.99. The van der Waals surface area contributed by atoms with E-state index in [1.54, 1.807) is 6.92 Å². The summed E-state index contributed by atoms with van der Waals surface area (Å²) >= 11 is 0. The summed E-state index contributed by atoms with van der Waals surface area (Å²) in [7, 11) is 0. The zero-order valence-corrected chi connectivity index (χ0v) is 10.1. The van der Waals surface area contributed by atoms with E-state index >= 15 is 0 Å². The number of carboxylic acids is 1. The lowest BCUT2D eigenvalue weighted by Crippen LogP contribution is -2.06. The Bertz CT molecular complexity index is 169. The molecule has 0 aliphatic rings. The van der Waals surface area contributed by atoms with Gasteiger partial charge in [0.2, 0.25) is 0 Å². The molecular weight excluding hydrogens is 196 g/mol. The van der Waals surface area contributed by atoms with Crippen molar-refractivity contribution in [2.75, 3.05) is 6.61 Å². The number of carbonyl (C=O) groups excluding carboxylic acids is 1. The summed E-state index contributed by atoms with van der Waals surface area (Å²) in [6.07, 6.45) is 2.14. The van der Waals surface area contributed by atoms with Crippen LogP contribution >= 0.6 is 0 Å². The van der Waals surface area contributed by atoms with Crippen molar-refractivity contribution >= 4 is 11.9 Å². The molecule has 0 bridgehead atoms. The molecule has 90 valence electrons. The van der Waals surface area contributed by atoms with Crippen LogP contribution in [0.3, 0.4) is 0 Å². The van der Waals surface area contributed by atoms with E-state index in [1.807, 2.05) is 20.8 Å². The Labute approximate surface area is 91.6 Å². The quantitative estimate of drug-likeness (QED) is 0.720. The van der Waals surface area contributed by atoms with Gasteiger partial charge in [-0.1, -0.05) is 20.8 Å². The lowest BCUT2D eigenvalue weighted by atomic mass is 10.1. The molecular formula is C11H22O4. The minimum absolute atomic E-state index is 0.0880. The molecule has 0 saturated heterocycles. The van der Waals surface area contributed by atoms with Crippen LogP contribution in [0.1, 0.15) is 47.0 Å². The summed E-state index contributed by atoms with van der Waals surface area (Å²) in [5.74, 6) is -0.975. The van der Waals surface area contributed by atoms with E-state index in [9.17, 15) is 9.59 Å². The molecule has 0 aliphatic carbocycles. The molecule has 0 aromatic carbocycles. The number of ether oxygens (including phenoxy) is 1. The van der Waals surface area contributed by atoms with Gasteiger partial charge in [0.1, 0.15) is 0 Å². The third-order valence-corrected chi connectivity index (χ3v) is 1.79. The first-order valence-electron chi connectivity index (χ1n) is 5.37. The summed E-state index contributed by atoms with van der Waals surface area (Å²) < 4.78 is 4.64. The molecule has 1 N–H and O–H groups in total. The van der Waals surface area contributed by atoms with Crippen molar-refractivity contribution < 1.29 is 19.4 Å². The lowest BCUT2D eigenvalue weighted by molar-refractivity contribution is -0.143. The van der Waals surface area contributed by atoms with Gasteiger partial charge in [-0.05, 0) is 19.8 Å². The molecule has 1 atom stereocenters. The number of hydrogen-bond acceptors (Lipinski definition) is 3. The van der Waals surface area contributed by atoms with Gasteiger partial charge in [0.05, 0.1) is 12.5 Å². The minimum atomic E-state index is -0.706. The van der Waals surface area contributed by atoms with Crippen LogP contribution in [0, 0.1) is 5.92 Å². The third kappa shape index (κ3) is 12.9. The van der Waals surface area contributed by atoms with Gasteiger partial charge in [0, 0.05) is 6.42 Å². The van der Waals surface area contributed by atoms with E-state index in [4.69, 9.17) is 5.11 Å². The number of esters is 1. The summed E-state index contributed by atoms with van der Waals surface area (Å²) in [4.78, 5) is 20.4. The van der Waals surface area contributed by atoms with Gasteiger partial charge in [-0.15, -0.1) is 0 Å². The number of carboxylic acid groups (broad SMARTS) is 1. The Kier molecular flexibility index (Phi) is 12.0. The maximum atomic E-state index is 10.4. The van der Waals surface area contributed by atoms with Crippen LogP contribution < -0.4 is 0 Å². The van der Waals surface area contributed by atoms with Gasteiger partial charge in [0.15, 0.2) is 0 Å². The summed E-state index contributed by atoms with van der Waals surface area (Å²) in [6, 6.07) is 0. The van der Waals surface area contributed by atoms with Crippen molar-refractivity contribution in [3.05, 3.63) is 0 Å². The molecule has 0 heterocycles. The van der Waals surface area contributed by atoms with Crippen molar-refractivity contribution in [2.24, 2.45) is 5.92 Å². The Hall–Kier alpha value is -1.06. The second kappa shape index (κ2) is 11.0. The molecule has 1 unspecified atom stereocenters. The highest BCUT2D eigenvalue weighted by Crippen LogP contribution is 1.97. The molecule has 0 amide bonds. The Morgan fingerprint density at radius 3 is 2.00 bits per heavy atom. The molecule has 0 aromatic heterocycles. The Balaban J connectivity index is 0. The SMILES string of the molecule is CCC(C)C(=O)O.CCCC(=O)OCC. The number of aliphatic carboxylic acids is 1. The Morgan fingerprint density at radius 1 is 1.27 bits per heavy atom. The molecule has 4 nitrogen and oxygen atoms in total. The van der Waals surface area contributed by atoms with E-state index < -0.39 is 5.97 Å². The molecule has 0 radical (unpaired) electrons. The molecule has 0 aliphatic heterocycles. The zero-order chi connectivity index (χ0) is 12.3. The highest BCUT2D eigenvalue weighted by atomic mass is 16.5. The molecule has 0 fully saturated rings. The number of rotatable bonds is 5. The topological polar surface area (TPSA) is 63.6 Å². The van der Waals surface area contributed by atoms with Gasteiger partial charge in [-0.25, -0.2) is 0 Å². The largest absolute Gasteiger partial charge is 0.481 e. The van der Waals surface area contributed by atoms with E-state index in [1.165, 1.54) is 0 Å². The van der Waals surface area contributed by atoms with E-state index in [0.29, 0.717) is 13.0 Å². The minimum Gasteiger partial charge on any atom is -0.481 e. The smallest absolute Gasteiger partial charge is 0.306 e. The van der Waals surface area contributed by atoms with Crippen molar-refractivity contribution in [3.63, 3.8) is 0 Å². The summed E-state index contributed by atoms with van der Waals surface area (Å²) in [5.41, 5.74) is 0. The highest BCUT2D eigenvalue weighted by Gasteiger charge is 2.05. The van der Waals surface area contributed by atoms with Crippen molar-refractivity contribution in [3.8, 4) is 0 Å². The highest BCUT2D eigenvalue weighted by molar-refractivity contribution is 5.69. The fourth-order valence-electron chi connectivity index (χ4n) is 0.612. The summed E-state index contributed by atoms with van der Waals surface area (Å²) in [6.45, 7) is 7.82. The maximum absolute atomic E-state index is 10.4. The molecule has 0 rings (SSSR count). The monoisotopic (exact) mass is 218 g/mol. The fourth-order valence-corrected chi connectivity index (χ4v) is 0.612. The molecule has 4 heteroatoms. The number of hydrogen-bond donors (Lipinski definition) is 1. The van der Waals surface area contributed by atoms with Gasteiger partial charge >= 0.3 is 11.9 Å². The van der Waals surface area contributed by atoms with E-state index in [2.05, 4.69) is 4.74 Å². The Morgan fingerprint density at radius 2 is 1.80 bits per heavy atom. The van der Waals surface area contributed by atoms with Crippen molar-refractivity contribution in [1.82, 2.24) is 0 Å². The van der Waals surface area contributed by atoms with Gasteiger partial charge in [-0.2, -0.15) is 0 Å². The van der Waals surface area contributed by atoms with Crippen LogP contribution in [0.25, 0.3) is 0 Å². The number of carbonyl (C=O) groups is 2. The second-order valence-electron chi connectivity index (χ2n) is 3.20.